The maximum atomic E-state index is 6.71. The summed E-state index contributed by atoms with van der Waals surface area (Å²) in [6, 6.07) is 0. The van der Waals surface area contributed by atoms with E-state index in [1.165, 1.54) is 38.5 Å². The van der Waals surface area contributed by atoms with Crippen molar-refractivity contribution < 1.29 is 9.16 Å². The van der Waals surface area contributed by atoms with Gasteiger partial charge in [0.05, 0.1) is 12.2 Å². The quantitative estimate of drug-likeness (QED) is 0.672. The molecule has 1 saturated heterocycles. The minimum absolute atomic E-state index is 0.308. The standard InChI is InChI=1S/C18H34O2Si/c1-16(2,3)21(5,6)19-13-18-10-7-8-15-17(18,4)12-14(20-15)9-11-18/h14-15H,7-13H2,1-6H3/t14-,15+,17+,18+/m0/s1. The fraction of sp³-hybridized carbons (Fsp3) is 1.00. The molecule has 0 amide bonds. The molecule has 2 nitrogen and oxygen atoms in total. The SMILES string of the molecule is CC(C)(C)[Si](C)(C)OC[C@@]12CCC[C@H]3O[C@@H](CC1)C[C@]32C. The van der Waals surface area contributed by atoms with Gasteiger partial charge in [0.1, 0.15) is 0 Å². The normalized spacial score (nSPS) is 43.1. The number of rotatable bonds is 3. The summed E-state index contributed by atoms with van der Waals surface area (Å²) in [5.74, 6) is 0. The first-order valence-electron chi connectivity index (χ1n) is 8.89. The first-order chi connectivity index (χ1) is 9.60. The Morgan fingerprint density at radius 1 is 1.19 bits per heavy atom. The summed E-state index contributed by atoms with van der Waals surface area (Å²) in [5.41, 5.74) is 0.759. The molecule has 2 saturated carbocycles. The van der Waals surface area contributed by atoms with Crippen LogP contribution in [-0.2, 0) is 9.16 Å². The third kappa shape index (κ3) is 2.35. The summed E-state index contributed by atoms with van der Waals surface area (Å²) in [7, 11) is -1.65. The lowest BCUT2D eigenvalue weighted by molar-refractivity contribution is -0.0858. The molecule has 21 heavy (non-hydrogen) atoms. The molecule has 3 aliphatic rings. The molecule has 0 radical (unpaired) electrons. The molecule has 0 unspecified atom stereocenters. The second kappa shape index (κ2) is 4.81. The van der Waals surface area contributed by atoms with E-state index in [2.05, 4.69) is 40.8 Å². The van der Waals surface area contributed by atoms with Crippen LogP contribution in [0.3, 0.4) is 0 Å². The third-order valence-corrected chi connectivity index (χ3v) is 12.0. The van der Waals surface area contributed by atoms with Crippen LogP contribution in [0.15, 0.2) is 0 Å². The molecule has 0 N–H and O–H groups in total. The van der Waals surface area contributed by atoms with Gasteiger partial charge in [-0.05, 0) is 50.2 Å². The lowest BCUT2D eigenvalue weighted by Gasteiger charge is -2.55. The Morgan fingerprint density at radius 2 is 1.90 bits per heavy atom. The van der Waals surface area contributed by atoms with Crippen LogP contribution in [0, 0.1) is 10.8 Å². The lowest BCUT2D eigenvalue weighted by atomic mass is 9.51. The maximum absolute atomic E-state index is 6.71. The van der Waals surface area contributed by atoms with Crippen molar-refractivity contribution in [3.05, 3.63) is 0 Å². The molecule has 3 rings (SSSR count). The van der Waals surface area contributed by atoms with E-state index in [0.717, 1.165) is 6.61 Å². The van der Waals surface area contributed by atoms with E-state index >= 15 is 0 Å². The fourth-order valence-corrected chi connectivity index (χ4v) is 5.82. The first kappa shape index (κ1) is 16.0. The van der Waals surface area contributed by atoms with Crippen LogP contribution in [0.1, 0.15) is 66.2 Å². The number of hydrogen-bond donors (Lipinski definition) is 0. The predicted octanol–water partition coefficient (Wildman–Crippen LogP) is 5.14. The predicted molar refractivity (Wildman–Crippen MR) is 90.1 cm³/mol. The second-order valence-corrected chi connectivity index (χ2v) is 14.4. The van der Waals surface area contributed by atoms with Crippen molar-refractivity contribution in [2.45, 2.75) is 96.6 Å². The van der Waals surface area contributed by atoms with Gasteiger partial charge in [-0.3, -0.25) is 0 Å². The summed E-state index contributed by atoms with van der Waals surface area (Å²) in [6.07, 6.45) is 8.85. The van der Waals surface area contributed by atoms with Crippen molar-refractivity contribution in [1.29, 1.82) is 0 Å². The van der Waals surface area contributed by atoms with E-state index in [9.17, 15) is 0 Å². The molecule has 2 aliphatic carbocycles. The Labute approximate surface area is 132 Å². The highest BCUT2D eigenvalue weighted by Crippen LogP contribution is 2.64. The number of hydrogen-bond acceptors (Lipinski definition) is 2. The van der Waals surface area contributed by atoms with Gasteiger partial charge < -0.3 is 9.16 Å². The summed E-state index contributed by atoms with van der Waals surface area (Å²) in [5, 5.41) is 0.308. The topological polar surface area (TPSA) is 18.5 Å². The first-order valence-corrected chi connectivity index (χ1v) is 11.8. The van der Waals surface area contributed by atoms with Crippen molar-refractivity contribution in [1.82, 2.24) is 0 Å². The van der Waals surface area contributed by atoms with E-state index in [-0.39, 0.29) is 0 Å². The lowest BCUT2D eigenvalue weighted by Crippen LogP contribution is -2.54. The van der Waals surface area contributed by atoms with Crippen molar-refractivity contribution in [3.63, 3.8) is 0 Å². The van der Waals surface area contributed by atoms with Gasteiger partial charge in [0, 0.05) is 17.4 Å². The van der Waals surface area contributed by atoms with Gasteiger partial charge in [-0.25, -0.2) is 0 Å². The van der Waals surface area contributed by atoms with Gasteiger partial charge in [0.25, 0.3) is 0 Å². The molecule has 4 atom stereocenters. The Hall–Kier alpha value is 0.137. The van der Waals surface area contributed by atoms with Crippen LogP contribution >= 0.6 is 0 Å². The van der Waals surface area contributed by atoms with Crippen LogP contribution < -0.4 is 0 Å². The molecular weight excluding hydrogens is 276 g/mol. The van der Waals surface area contributed by atoms with Crippen molar-refractivity contribution in [3.8, 4) is 0 Å². The Bertz CT molecular complexity index is 414. The number of ether oxygens (including phenoxy) is 1. The molecule has 3 heteroatoms. The van der Waals surface area contributed by atoms with Crippen LogP contribution in [0.2, 0.25) is 18.1 Å². The van der Waals surface area contributed by atoms with Crippen molar-refractivity contribution in [2.24, 2.45) is 10.8 Å². The van der Waals surface area contributed by atoms with Crippen molar-refractivity contribution >= 4 is 8.32 Å². The maximum Gasteiger partial charge on any atom is 0.192 e. The minimum Gasteiger partial charge on any atom is -0.416 e. The molecule has 0 aromatic carbocycles. The van der Waals surface area contributed by atoms with Gasteiger partial charge >= 0.3 is 0 Å². The summed E-state index contributed by atoms with van der Waals surface area (Å²) >= 11 is 0. The minimum atomic E-state index is -1.65. The zero-order valence-corrected chi connectivity index (χ0v) is 15.9. The van der Waals surface area contributed by atoms with Gasteiger partial charge in [-0.1, -0.05) is 34.1 Å². The summed E-state index contributed by atoms with van der Waals surface area (Å²) < 4.78 is 13.0. The average molecular weight is 311 g/mol. The Morgan fingerprint density at radius 3 is 2.57 bits per heavy atom. The van der Waals surface area contributed by atoms with E-state index in [0.29, 0.717) is 28.1 Å². The summed E-state index contributed by atoms with van der Waals surface area (Å²) in [4.78, 5) is 0. The van der Waals surface area contributed by atoms with E-state index in [1.807, 2.05) is 0 Å². The Kier molecular flexibility index (Phi) is 3.67. The molecule has 1 heterocycles. The monoisotopic (exact) mass is 310 g/mol. The molecule has 2 bridgehead atoms. The second-order valence-electron chi connectivity index (χ2n) is 9.63. The van der Waals surface area contributed by atoms with Gasteiger partial charge in [-0.2, -0.15) is 0 Å². The summed E-state index contributed by atoms with van der Waals surface area (Å²) in [6.45, 7) is 15.3. The van der Waals surface area contributed by atoms with Crippen LogP contribution in [0.4, 0.5) is 0 Å². The molecule has 0 aromatic rings. The largest absolute Gasteiger partial charge is 0.416 e. The number of fused-ring (bicyclic) bond motifs is 1. The molecule has 0 aromatic heterocycles. The van der Waals surface area contributed by atoms with Gasteiger partial charge in [0.2, 0.25) is 0 Å². The Balaban J connectivity index is 1.80. The van der Waals surface area contributed by atoms with Crippen LogP contribution in [0.25, 0.3) is 0 Å². The van der Waals surface area contributed by atoms with Crippen molar-refractivity contribution in [2.75, 3.05) is 6.61 Å². The van der Waals surface area contributed by atoms with Crippen LogP contribution in [-0.4, -0.2) is 27.1 Å². The molecule has 0 spiro atoms. The van der Waals surface area contributed by atoms with Gasteiger partial charge in [-0.15, -0.1) is 0 Å². The zero-order chi connectivity index (χ0) is 15.5. The van der Waals surface area contributed by atoms with E-state index < -0.39 is 8.32 Å². The highest BCUT2D eigenvalue weighted by atomic mass is 28.4. The molecule has 122 valence electrons. The third-order valence-electron chi connectivity index (χ3n) is 7.51. The molecule has 1 aliphatic heterocycles. The fourth-order valence-electron chi connectivity index (χ4n) is 4.75. The smallest absolute Gasteiger partial charge is 0.192 e. The van der Waals surface area contributed by atoms with Crippen LogP contribution in [0.5, 0.6) is 0 Å². The average Bonchev–Trinajstić information content (AvgIpc) is 2.70. The van der Waals surface area contributed by atoms with Gasteiger partial charge in [0.15, 0.2) is 8.32 Å². The highest BCUT2D eigenvalue weighted by molar-refractivity contribution is 6.74. The van der Waals surface area contributed by atoms with E-state index in [1.54, 1.807) is 0 Å². The van der Waals surface area contributed by atoms with E-state index in [4.69, 9.17) is 9.16 Å². The molecular formula is C18H34O2Si. The highest BCUT2D eigenvalue weighted by Gasteiger charge is 2.62. The molecule has 3 fully saturated rings. The zero-order valence-electron chi connectivity index (χ0n) is 14.9.